The van der Waals surface area contributed by atoms with E-state index >= 15 is 0 Å². The molecule has 1 aromatic heterocycles. The van der Waals surface area contributed by atoms with Gasteiger partial charge in [-0.3, -0.25) is 0 Å². The summed E-state index contributed by atoms with van der Waals surface area (Å²) in [7, 11) is -3.50. The Bertz CT molecular complexity index is 1130. The Morgan fingerprint density at radius 2 is 1.73 bits per heavy atom. The number of ether oxygens (including phenoxy) is 1. The van der Waals surface area contributed by atoms with E-state index in [0.29, 0.717) is 24.5 Å². The molecule has 0 spiro atoms. The van der Waals surface area contributed by atoms with Crippen LogP contribution in [0.2, 0.25) is 0 Å². The SMILES string of the molecule is Cc1ccc(-c2cc(COC(=O)c3ccc(S(=O)(=O)N4CCCC4)cc3)no2)cc1. The summed E-state index contributed by atoms with van der Waals surface area (Å²) in [4.78, 5) is 12.5. The molecular weight excluding hydrogens is 404 g/mol. The molecule has 0 atom stereocenters. The maximum atomic E-state index is 12.6. The van der Waals surface area contributed by atoms with Gasteiger partial charge in [-0.05, 0) is 44.0 Å². The van der Waals surface area contributed by atoms with Crippen LogP contribution in [0.25, 0.3) is 11.3 Å². The smallest absolute Gasteiger partial charge is 0.338 e. The predicted molar refractivity (Wildman–Crippen MR) is 110 cm³/mol. The summed E-state index contributed by atoms with van der Waals surface area (Å²) >= 11 is 0. The van der Waals surface area contributed by atoms with Crippen molar-refractivity contribution in [3.63, 3.8) is 0 Å². The Morgan fingerprint density at radius 1 is 1.07 bits per heavy atom. The van der Waals surface area contributed by atoms with Crippen molar-refractivity contribution in [2.24, 2.45) is 0 Å². The molecule has 0 bridgehead atoms. The van der Waals surface area contributed by atoms with Crippen LogP contribution in [0.4, 0.5) is 0 Å². The summed E-state index contributed by atoms with van der Waals surface area (Å²) in [5.41, 5.74) is 2.80. The highest BCUT2D eigenvalue weighted by Crippen LogP contribution is 2.23. The molecule has 7 nitrogen and oxygen atoms in total. The standard InChI is InChI=1S/C22H22N2O5S/c1-16-4-6-17(7-5-16)21-14-19(23-29-21)15-28-22(25)18-8-10-20(11-9-18)30(26,27)24-12-2-3-13-24/h4-11,14H,2-3,12-13,15H2,1H3. The van der Waals surface area contributed by atoms with Gasteiger partial charge in [0.05, 0.1) is 10.5 Å². The van der Waals surface area contributed by atoms with Crippen LogP contribution in [0, 0.1) is 6.92 Å². The third-order valence-corrected chi connectivity index (χ3v) is 6.95. The lowest BCUT2D eigenvalue weighted by Crippen LogP contribution is -2.27. The summed E-state index contributed by atoms with van der Waals surface area (Å²) in [6, 6.07) is 15.4. The Hall–Kier alpha value is -2.97. The van der Waals surface area contributed by atoms with E-state index in [1.807, 2.05) is 31.2 Å². The zero-order valence-electron chi connectivity index (χ0n) is 16.6. The molecule has 0 unspecified atom stereocenters. The highest BCUT2D eigenvalue weighted by Gasteiger charge is 2.27. The number of sulfonamides is 1. The van der Waals surface area contributed by atoms with E-state index in [1.165, 1.54) is 28.6 Å². The van der Waals surface area contributed by atoms with E-state index in [1.54, 1.807) is 6.07 Å². The van der Waals surface area contributed by atoms with Gasteiger partial charge in [-0.25, -0.2) is 13.2 Å². The molecular formula is C22H22N2O5S. The first-order chi connectivity index (χ1) is 14.4. The fourth-order valence-electron chi connectivity index (χ4n) is 3.30. The van der Waals surface area contributed by atoms with Crippen LogP contribution in [0.3, 0.4) is 0 Å². The molecule has 1 fully saturated rings. The van der Waals surface area contributed by atoms with Crippen LogP contribution in [-0.2, 0) is 21.4 Å². The number of hydrogen-bond donors (Lipinski definition) is 0. The molecule has 0 saturated carbocycles. The van der Waals surface area contributed by atoms with Gasteiger partial charge in [0.2, 0.25) is 10.0 Å². The van der Waals surface area contributed by atoms with Crippen molar-refractivity contribution < 1.29 is 22.5 Å². The minimum Gasteiger partial charge on any atom is -0.455 e. The van der Waals surface area contributed by atoms with Crippen molar-refractivity contribution in [2.75, 3.05) is 13.1 Å². The normalized spacial score (nSPS) is 14.7. The van der Waals surface area contributed by atoms with Crippen molar-refractivity contribution in [3.8, 4) is 11.3 Å². The Balaban J connectivity index is 1.38. The molecule has 2 heterocycles. The van der Waals surface area contributed by atoms with Crippen LogP contribution in [0.15, 0.2) is 64.0 Å². The summed E-state index contributed by atoms with van der Waals surface area (Å²) in [5.74, 6) is 0.0394. The van der Waals surface area contributed by atoms with E-state index in [2.05, 4.69) is 5.16 Å². The van der Waals surface area contributed by atoms with Gasteiger partial charge in [0.1, 0.15) is 12.3 Å². The summed E-state index contributed by atoms with van der Waals surface area (Å²) in [6.07, 6.45) is 1.74. The lowest BCUT2D eigenvalue weighted by Gasteiger charge is -2.15. The summed E-state index contributed by atoms with van der Waals surface area (Å²) < 4.78 is 37.2. The molecule has 0 N–H and O–H groups in total. The number of hydrogen-bond acceptors (Lipinski definition) is 6. The lowest BCUT2D eigenvalue weighted by molar-refractivity contribution is 0.0464. The monoisotopic (exact) mass is 426 g/mol. The van der Waals surface area contributed by atoms with Crippen LogP contribution >= 0.6 is 0 Å². The van der Waals surface area contributed by atoms with Gasteiger partial charge < -0.3 is 9.26 Å². The third kappa shape index (κ3) is 4.29. The van der Waals surface area contributed by atoms with E-state index in [9.17, 15) is 13.2 Å². The molecule has 2 aromatic carbocycles. The zero-order valence-corrected chi connectivity index (χ0v) is 17.4. The molecule has 8 heteroatoms. The van der Waals surface area contributed by atoms with E-state index in [-0.39, 0.29) is 17.1 Å². The Labute approximate surface area is 175 Å². The third-order valence-electron chi connectivity index (χ3n) is 5.04. The summed E-state index contributed by atoms with van der Waals surface area (Å²) in [5, 5.41) is 3.93. The van der Waals surface area contributed by atoms with Gasteiger partial charge in [-0.15, -0.1) is 0 Å². The number of aromatic nitrogens is 1. The van der Waals surface area contributed by atoms with Gasteiger partial charge in [0, 0.05) is 24.7 Å². The van der Waals surface area contributed by atoms with Gasteiger partial charge in [0.25, 0.3) is 0 Å². The van der Waals surface area contributed by atoms with Gasteiger partial charge >= 0.3 is 5.97 Å². The first-order valence-electron chi connectivity index (χ1n) is 9.73. The second-order valence-electron chi connectivity index (χ2n) is 7.26. The Kier molecular flexibility index (Phi) is 5.69. The molecule has 0 radical (unpaired) electrons. The fraction of sp³-hybridized carbons (Fsp3) is 0.273. The maximum absolute atomic E-state index is 12.6. The number of rotatable bonds is 6. The highest BCUT2D eigenvalue weighted by molar-refractivity contribution is 7.89. The topological polar surface area (TPSA) is 89.7 Å². The number of carbonyl (C=O) groups is 1. The van der Waals surface area contributed by atoms with Crippen molar-refractivity contribution >= 4 is 16.0 Å². The zero-order chi connectivity index (χ0) is 21.1. The molecule has 0 aliphatic carbocycles. The lowest BCUT2D eigenvalue weighted by atomic mass is 10.1. The maximum Gasteiger partial charge on any atom is 0.338 e. The average molecular weight is 426 g/mol. The van der Waals surface area contributed by atoms with Crippen LogP contribution in [0.1, 0.15) is 34.5 Å². The number of esters is 1. The quantitative estimate of drug-likeness (QED) is 0.557. The molecule has 1 saturated heterocycles. The summed E-state index contributed by atoms with van der Waals surface area (Å²) in [6.45, 7) is 3.04. The minimum atomic E-state index is -3.50. The fourth-order valence-corrected chi connectivity index (χ4v) is 4.81. The molecule has 1 aliphatic rings. The highest BCUT2D eigenvalue weighted by atomic mass is 32.2. The minimum absolute atomic E-state index is 0.0397. The van der Waals surface area contributed by atoms with E-state index in [0.717, 1.165) is 24.0 Å². The predicted octanol–water partition coefficient (Wildman–Crippen LogP) is 3.79. The largest absolute Gasteiger partial charge is 0.455 e. The molecule has 0 amide bonds. The molecule has 4 rings (SSSR count). The van der Waals surface area contributed by atoms with Gasteiger partial charge in [-0.2, -0.15) is 4.31 Å². The molecule has 156 valence electrons. The number of benzene rings is 2. The van der Waals surface area contributed by atoms with Gasteiger partial charge in [0.15, 0.2) is 5.76 Å². The first-order valence-corrected chi connectivity index (χ1v) is 11.2. The number of aryl methyl sites for hydroxylation is 1. The van der Waals surface area contributed by atoms with Crippen molar-refractivity contribution in [3.05, 3.63) is 71.4 Å². The number of carbonyl (C=O) groups excluding carboxylic acids is 1. The average Bonchev–Trinajstić information content (AvgIpc) is 3.45. The van der Waals surface area contributed by atoms with E-state index < -0.39 is 16.0 Å². The van der Waals surface area contributed by atoms with Crippen LogP contribution < -0.4 is 0 Å². The molecule has 30 heavy (non-hydrogen) atoms. The first kappa shape index (κ1) is 20.3. The molecule has 1 aliphatic heterocycles. The molecule has 3 aromatic rings. The Morgan fingerprint density at radius 3 is 2.40 bits per heavy atom. The van der Waals surface area contributed by atoms with Gasteiger partial charge in [-0.1, -0.05) is 35.0 Å². The van der Waals surface area contributed by atoms with Crippen molar-refractivity contribution in [2.45, 2.75) is 31.3 Å². The number of nitrogens with zero attached hydrogens (tertiary/aromatic N) is 2. The van der Waals surface area contributed by atoms with Crippen LogP contribution in [0.5, 0.6) is 0 Å². The van der Waals surface area contributed by atoms with E-state index in [4.69, 9.17) is 9.26 Å². The second kappa shape index (κ2) is 8.41. The van der Waals surface area contributed by atoms with Crippen molar-refractivity contribution in [1.82, 2.24) is 9.46 Å². The van der Waals surface area contributed by atoms with Crippen LogP contribution in [-0.4, -0.2) is 36.9 Å². The second-order valence-corrected chi connectivity index (χ2v) is 9.20. The van der Waals surface area contributed by atoms with Crippen molar-refractivity contribution in [1.29, 1.82) is 0 Å².